The van der Waals surface area contributed by atoms with Crippen LogP contribution < -0.4 is 4.90 Å². The fourth-order valence-electron chi connectivity index (χ4n) is 3.80. The van der Waals surface area contributed by atoms with Crippen LogP contribution in [0.5, 0.6) is 0 Å². The molecule has 2 aromatic heterocycles. The second kappa shape index (κ2) is 6.12. The van der Waals surface area contributed by atoms with Crippen molar-refractivity contribution in [1.29, 1.82) is 0 Å². The Bertz CT molecular complexity index is 882. The van der Waals surface area contributed by atoms with Gasteiger partial charge in [-0.05, 0) is 19.8 Å². The number of thiazole rings is 1. The van der Waals surface area contributed by atoms with Gasteiger partial charge in [-0.1, -0.05) is 6.92 Å². The van der Waals surface area contributed by atoms with Crippen LogP contribution in [0.15, 0.2) is 11.7 Å². The summed E-state index contributed by atoms with van der Waals surface area (Å²) in [5.41, 5.74) is 3.12. The van der Waals surface area contributed by atoms with Gasteiger partial charge in [-0.15, -0.1) is 11.3 Å². The van der Waals surface area contributed by atoms with Crippen LogP contribution in [0.4, 0.5) is 5.82 Å². The molecule has 0 N–H and O–H groups in total. The van der Waals surface area contributed by atoms with Crippen molar-refractivity contribution in [3.05, 3.63) is 33.7 Å². The summed E-state index contributed by atoms with van der Waals surface area (Å²) < 4.78 is 0. The maximum atomic E-state index is 12.7. The zero-order chi connectivity index (χ0) is 18.5. The van der Waals surface area contributed by atoms with E-state index in [2.05, 4.69) is 11.9 Å². The van der Waals surface area contributed by atoms with E-state index >= 15 is 0 Å². The van der Waals surface area contributed by atoms with Crippen LogP contribution in [0.25, 0.3) is 0 Å². The van der Waals surface area contributed by atoms with Crippen LogP contribution in [0.2, 0.25) is 0 Å². The molecule has 0 bridgehead atoms. The molecule has 4 rings (SSSR count). The summed E-state index contributed by atoms with van der Waals surface area (Å²) in [6.45, 7) is 5.34. The number of fused-ring (bicyclic) bond motifs is 1. The van der Waals surface area contributed by atoms with Crippen LogP contribution >= 0.6 is 11.3 Å². The van der Waals surface area contributed by atoms with Crippen molar-refractivity contribution >= 4 is 29.0 Å². The number of aryl methyl sites for hydroxylation is 1. The topological polar surface area (TPSA) is 79.3 Å². The number of carbonyl (C=O) groups is 2. The van der Waals surface area contributed by atoms with Gasteiger partial charge in [0.1, 0.15) is 16.5 Å². The Morgan fingerprint density at radius 3 is 2.88 bits per heavy atom. The molecule has 0 aliphatic carbocycles. The standard InChI is InChI=1S/C18H21N5O2S/c1-11-12-7-14(24)22(3)15(12)21-17(20-11)18(2)5-4-6-23(9-18)16(25)13-8-19-10-26-13/h8,10H,4-7,9H2,1-3H3/t18-/m0/s1. The highest BCUT2D eigenvalue weighted by atomic mass is 32.1. The monoisotopic (exact) mass is 371 g/mol. The summed E-state index contributed by atoms with van der Waals surface area (Å²) in [4.78, 5) is 42.4. The molecule has 1 fully saturated rings. The van der Waals surface area contributed by atoms with Gasteiger partial charge in [-0.3, -0.25) is 19.5 Å². The van der Waals surface area contributed by atoms with Gasteiger partial charge in [0.15, 0.2) is 0 Å². The van der Waals surface area contributed by atoms with Crippen molar-refractivity contribution in [3.8, 4) is 0 Å². The molecule has 1 atom stereocenters. The van der Waals surface area contributed by atoms with E-state index in [1.54, 1.807) is 23.7 Å². The van der Waals surface area contributed by atoms with Crippen molar-refractivity contribution in [2.45, 2.75) is 38.5 Å². The summed E-state index contributed by atoms with van der Waals surface area (Å²) in [6, 6.07) is 0. The first kappa shape index (κ1) is 17.1. The van der Waals surface area contributed by atoms with E-state index in [0.717, 1.165) is 36.5 Å². The van der Waals surface area contributed by atoms with Crippen molar-refractivity contribution in [1.82, 2.24) is 19.9 Å². The Labute approximate surface area is 156 Å². The normalized spacial score (nSPS) is 22.7. The lowest BCUT2D eigenvalue weighted by Gasteiger charge is -2.39. The summed E-state index contributed by atoms with van der Waals surface area (Å²) in [5.74, 6) is 1.50. The fourth-order valence-corrected chi connectivity index (χ4v) is 4.38. The summed E-state index contributed by atoms with van der Waals surface area (Å²) in [7, 11) is 1.76. The van der Waals surface area contributed by atoms with Crippen LogP contribution in [-0.2, 0) is 16.6 Å². The number of amides is 2. The van der Waals surface area contributed by atoms with E-state index in [-0.39, 0.29) is 17.2 Å². The lowest BCUT2D eigenvalue weighted by Crippen LogP contribution is -2.47. The predicted molar refractivity (Wildman–Crippen MR) is 98.5 cm³/mol. The number of nitrogens with zero attached hydrogens (tertiary/aromatic N) is 5. The smallest absolute Gasteiger partial charge is 0.265 e. The van der Waals surface area contributed by atoms with E-state index in [1.165, 1.54) is 11.3 Å². The van der Waals surface area contributed by atoms with Gasteiger partial charge in [-0.2, -0.15) is 0 Å². The maximum Gasteiger partial charge on any atom is 0.265 e. The SMILES string of the molecule is Cc1nc([C@@]2(C)CCCN(C(=O)c3cncs3)C2)nc2c1CC(=O)N2C. The molecule has 0 spiro atoms. The minimum absolute atomic E-state index is 0.0172. The Morgan fingerprint density at radius 1 is 1.35 bits per heavy atom. The second-order valence-electron chi connectivity index (χ2n) is 7.32. The van der Waals surface area contributed by atoms with Gasteiger partial charge in [0.05, 0.1) is 18.1 Å². The third kappa shape index (κ3) is 2.68. The summed E-state index contributed by atoms with van der Waals surface area (Å²) in [5, 5.41) is 0. The molecule has 26 heavy (non-hydrogen) atoms. The summed E-state index contributed by atoms with van der Waals surface area (Å²) in [6.07, 6.45) is 3.80. The third-order valence-electron chi connectivity index (χ3n) is 5.38. The van der Waals surface area contributed by atoms with E-state index in [0.29, 0.717) is 23.7 Å². The number of hydrogen-bond acceptors (Lipinski definition) is 6. The lowest BCUT2D eigenvalue weighted by atomic mass is 9.80. The van der Waals surface area contributed by atoms with Gasteiger partial charge < -0.3 is 4.90 Å². The number of rotatable bonds is 2. The molecular formula is C18H21N5O2S. The Morgan fingerprint density at radius 2 is 2.15 bits per heavy atom. The summed E-state index contributed by atoms with van der Waals surface area (Å²) >= 11 is 1.36. The molecule has 4 heterocycles. The molecule has 0 unspecified atom stereocenters. The number of carbonyl (C=O) groups excluding carboxylic acids is 2. The van der Waals surface area contributed by atoms with Crippen molar-refractivity contribution in [2.24, 2.45) is 0 Å². The first-order valence-electron chi connectivity index (χ1n) is 8.71. The zero-order valence-electron chi connectivity index (χ0n) is 15.2. The van der Waals surface area contributed by atoms with Gasteiger partial charge in [0, 0.05) is 36.8 Å². The minimum Gasteiger partial charge on any atom is -0.337 e. The van der Waals surface area contributed by atoms with Crippen molar-refractivity contribution < 1.29 is 9.59 Å². The second-order valence-corrected chi connectivity index (χ2v) is 8.21. The van der Waals surface area contributed by atoms with Crippen LogP contribution in [-0.4, -0.2) is 51.8 Å². The zero-order valence-corrected chi connectivity index (χ0v) is 16.0. The number of anilines is 1. The highest BCUT2D eigenvalue weighted by Crippen LogP contribution is 2.36. The van der Waals surface area contributed by atoms with Gasteiger partial charge >= 0.3 is 0 Å². The number of aromatic nitrogens is 3. The molecular weight excluding hydrogens is 350 g/mol. The largest absolute Gasteiger partial charge is 0.337 e. The van der Waals surface area contributed by atoms with Crippen LogP contribution in [0.3, 0.4) is 0 Å². The molecule has 0 aromatic carbocycles. The first-order chi connectivity index (χ1) is 12.4. The van der Waals surface area contributed by atoms with Crippen LogP contribution in [0.1, 0.15) is 46.5 Å². The lowest BCUT2D eigenvalue weighted by molar-refractivity contribution is -0.117. The number of likely N-dealkylation sites (tertiary alicyclic amines) is 1. The maximum absolute atomic E-state index is 12.7. The molecule has 136 valence electrons. The average Bonchev–Trinajstić information content (AvgIpc) is 3.25. The van der Waals surface area contributed by atoms with Crippen molar-refractivity contribution in [3.63, 3.8) is 0 Å². The number of likely N-dealkylation sites (N-methyl/N-ethyl adjacent to an activating group) is 1. The van der Waals surface area contributed by atoms with Gasteiger partial charge in [0.25, 0.3) is 5.91 Å². The molecule has 1 saturated heterocycles. The van der Waals surface area contributed by atoms with Crippen molar-refractivity contribution in [2.75, 3.05) is 25.0 Å². The Kier molecular flexibility index (Phi) is 4.02. The Balaban J connectivity index is 1.66. The molecule has 2 amide bonds. The fraction of sp³-hybridized carbons (Fsp3) is 0.500. The number of piperidine rings is 1. The van der Waals surface area contributed by atoms with E-state index in [9.17, 15) is 9.59 Å². The quantitative estimate of drug-likeness (QED) is 0.806. The van der Waals surface area contributed by atoms with Gasteiger partial charge in [-0.25, -0.2) is 9.97 Å². The molecule has 0 saturated carbocycles. The first-order valence-corrected chi connectivity index (χ1v) is 9.59. The molecule has 8 heteroatoms. The third-order valence-corrected chi connectivity index (χ3v) is 6.14. The van der Waals surface area contributed by atoms with Crippen LogP contribution in [0, 0.1) is 6.92 Å². The molecule has 2 aromatic rings. The molecule has 7 nitrogen and oxygen atoms in total. The average molecular weight is 371 g/mol. The molecule has 0 radical (unpaired) electrons. The van der Waals surface area contributed by atoms with E-state index in [1.807, 2.05) is 11.8 Å². The minimum atomic E-state index is -0.329. The van der Waals surface area contributed by atoms with Gasteiger partial charge in [0.2, 0.25) is 5.91 Å². The molecule has 2 aliphatic heterocycles. The highest BCUT2D eigenvalue weighted by Gasteiger charge is 2.39. The van der Waals surface area contributed by atoms with E-state index in [4.69, 9.17) is 9.97 Å². The highest BCUT2D eigenvalue weighted by molar-refractivity contribution is 7.11. The molecule has 2 aliphatic rings. The van der Waals surface area contributed by atoms with E-state index < -0.39 is 0 Å². The predicted octanol–water partition coefficient (Wildman–Crippen LogP) is 1.95. The number of hydrogen-bond donors (Lipinski definition) is 0. The Hall–Kier alpha value is -2.35.